The Kier molecular flexibility index (Phi) is 4.57. The molecule has 130 valence electrons. The number of ether oxygens (including phenoxy) is 1. The summed E-state index contributed by atoms with van der Waals surface area (Å²) in [6.07, 6.45) is 8.47. The summed E-state index contributed by atoms with van der Waals surface area (Å²) in [5, 5.41) is 2.18. The summed E-state index contributed by atoms with van der Waals surface area (Å²) in [6, 6.07) is 12.9. The number of fused-ring (bicyclic) bond motifs is 2. The van der Waals surface area contributed by atoms with E-state index in [9.17, 15) is 4.79 Å². The number of allylic oxidation sites excluding steroid dienone is 1. The fourth-order valence-corrected chi connectivity index (χ4v) is 2.48. The number of aliphatic imine (C=N–C) groups is 2. The molecule has 0 atom stereocenters. The first-order valence-corrected chi connectivity index (χ1v) is 8.11. The van der Waals surface area contributed by atoms with E-state index in [1.165, 1.54) is 24.9 Å². The van der Waals surface area contributed by atoms with E-state index < -0.39 is 5.91 Å². The van der Waals surface area contributed by atoms with E-state index in [2.05, 4.69) is 24.9 Å². The molecule has 4 rings (SSSR count). The van der Waals surface area contributed by atoms with Crippen molar-refractivity contribution in [3.63, 3.8) is 0 Å². The first-order valence-electron chi connectivity index (χ1n) is 8.11. The topological polar surface area (TPSA) is 89.2 Å². The van der Waals surface area contributed by atoms with Gasteiger partial charge in [-0.15, -0.1) is 0 Å². The average molecular weight is 355 g/mol. The molecule has 2 heterocycles. The SMILES string of the molecule is O=C1\C=N/C=c2/cccc/c2=N/c2ncnc3ccc(cc23)O/C=C\C=N/1. The Balaban J connectivity index is 1.98. The largest absolute Gasteiger partial charge is 0.465 e. The first kappa shape index (κ1) is 16.5. The molecule has 1 aromatic heterocycles. The zero-order valence-electron chi connectivity index (χ0n) is 14.1. The maximum absolute atomic E-state index is 11.7. The zero-order chi connectivity index (χ0) is 18.5. The third-order valence-corrected chi connectivity index (χ3v) is 3.72. The molecule has 0 aliphatic carbocycles. The van der Waals surface area contributed by atoms with Gasteiger partial charge in [0.1, 0.15) is 12.1 Å². The van der Waals surface area contributed by atoms with Gasteiger partial charge in [0.15, 0.2) is 5.82 Å². The summed E-state index contributed by atoms with van der Waals surface area (Å²) >= 11 is 0. The van der Waals surface area contributed by atoms with Crippen molar-refractivity contribution in [2.45, 2.75) is 0 Å². The van der Waals surface area contributed by atoms with Gasteiger partial charge in [0, 0.05) is 23.0 Å². The second kappa shape index (κ2) is 7.49. The Hall–Kier alpha value is -4.00. The van der Waals surface area contributed by atoms with E-state index in [0.717, 1.165) is 22.3 Å². The molecule has 0 saturated carbocycles. The van der Waals surface area contributed by atoms with Crippen LogP contribution < -0.4 is 15.3 Å². The Morgan fingerprint density at radius 3 is 2.89 bits per heavy atom. The number of benzene rings is 2. The fraction of sp³-hybridized carbons (Fsp3) is 0. The molecule has 1 amide bonds. The summed E-state index contributed by atoms with van der Waals surface area (Å²) in [5.41, 5.74) is 0.757. The number of carbonyl (C=O) groups excluding carboxylic acids is 1. The summed E-state index contributed by atoms with van der Waals surface area (Å²) in [5.74, 6) is 0.638. The van der Waals surface area contributed by atoms with E-state index >= 15 is 0 Å². The molecule has 1 aliphatic rings. The van der Waals surface area contributed by atoms with Crippen LogP contribution in [0.25, 0.3) is 17.1 Å². The normalized spacial score (nSPS) is 19.8. The predicted molar refractivity (Wildman–Crippen MR) is 103 cm³/mol. The summed E-state index contributed by atoms with van der Waals surface area (Å²) < 4.78 is 5.55. The van der Waals surface area contributed by atoms with Crippen LogP contribution in [0.3, 0.4) is 0 Å². The van der Waals surface area contributed by atoms with Gasteiger partial charge >= 0.3 is 0 Å². The molecule has 0 fully saturated rings. The van der Waals surface area contributed by atoms with Crippen molar-refractivity contribution in [2.24, 2.45) is 15.0 Å². The fourth-order valence-electron chi connectivity index (χ4n) is 2.48. The van der Waals surface area contributed by atoms with Gasteiger partial charge in [-0.2, -0.15) is 0 Å². The Morgan fingerprint density at radius 1 is 1.00 bits per heavy atom. The number of nitrogens with zero attached hydrogens (tertiary/aromatic N) is 5. The number of para-hydroxylation sites is 1. The molecular formula is C20H13N5O2. The molecule has 0 saturated heterocycles. The summed E-state index contributed by atoms with van der Waals surface area (Å²) in [7, 11) is 0. The second-order valence-corrected chi connectivity index (χ2v) is 5.52. The Bertz CT molecular complexity index is 1230. The van der Waals surface area contributed by atoms with Gasteiger partial charge in [-0.1, -0.05) is 18.2 Å². The minimum Gasteiger partial charge on any atom is -0.465 e. The number of carbonyl (C=O) groups is 1. The molecule has 1 aliphatic heterocycles. The maximum atomic E-state index is 11.7. The third kappa shape index (κ3) is 3.82. The second-order valence-electron chi connectivity index (χ2n) is 5.52. The van der Waals surface area contributed by atoms with E-state index in [0.29, 0.717) is 16.9 Å². The van der Waals surface area contributed by atoms with Crippen molar-refractivity contribution >= 4 is 41.3 Å². The molecule has 0 radical (unpaired) electrons. The highest BCUT2D eigenvalue weighted by molar-refractivity contribution is 6.28. The zero-order valence-corrected chi connectivity index (χ0v) is 14.1. The standard InChI is InChI=1S/C20H13N5O2/c26-19-12-21-11-14-4-1-2-5-17(14)25-20-16-10-15(27-9-3-8-22-19)6-7-18(16)23-13-24-20/h1-13H/b9-3-,14-11-,21-12-,22-8-,25-17-. The van der Waals surface area contributed by atoms with Gasteiger partial charge in [0.25, 0.3) is 5.91 Å². The smallest absolute Gasteiger partial charge is 0.288 e. The van der Waals surface area contributed by atoms with Crippen LogP contribution in [-0.4, -0.2) is 28.3 Å². The Labute approximate surface area is 153 Å². The van der Waals surface area contributed by atoms with Gasteiger partial charge in [0.05, 0.1) is 23.4 Å². The molecule has 2 aromatic carbocycles. The van der Waals surface area contributed by atoms with Gasteiger partial charge in [0.2, 0.25) is 0 Å². The molecular weight excluding hydrogens is 342 g/mol. The van der Waals surface area contributed by atoms with Crippen molar-refractivity contribution in [1.82, 2.24) is 9.97 Å². The number of amides is 1. The van der Waals surface area contributed by atoms with Crippen LogP contribution in [0.2, 0.25) is 0 Å². The Morgan fingerprint density at radius 2 is 1.93 bits per heavy atom. The van der Waals surface area contributed by atoms with Gasteiger partial charge in [-0.3, -0.25) is 9.79 Å². The van der Waals surface area contributed by atoms with Gasteiger partial charge in [-0.05, 0) is 30.3 Å². The molecule has 7 nitrogen and oxygen atoms in total. The van der Waals surface area contributed by atoms with Gasteiger partial charge < -0.3 is 4.74 Å². The van der Waals surface area contributed by atoms with E-state index in [1.54, 1.807) is 12.3 Å². The number of hydrogen-bond donors (Lipinski definition) is 0. The van der Waals surface area contributed by atoms with Crippen LogP contribution in [0.4, 0.5) is 5.82 Å². The van der Waals surface area contributed by atoms with Crippen LogP contribution in [0.5, 0.6) is 5.75 Å². The molecule has 3 aromatic rings. The number of aromatic nitrogens is 2. The maximum Gasteiger partial charge on any atom is 0.288 e. The van der Waals surface area contributed by atoms with Crippen molar-refractivity contribution < 1.29 is 9.53 Å². The van der Waals surface area contributed by atoms with Crippen molar-refractivity contribution in [3.8, 4) is 5.75 Å². The molecule has 0 spiro atoms. The van der Waals surface area contributed by atoms with E-state index in [1.807, 2.05) is 36.4 Å². The molecule has 0 unspecified atom stereocenters. The molecule has 7 heteroatoms. The van der Waals surface area contributed by atoms with Crippen LogP contribution in [0.1, 0.15) is 0 Å². The van der Waals surface area contributed by atoms with Crippen LogP contribution in [0, 0.1) is 0 Å². The minimum absolute atomic E-state index is 0.475. The van der Waals surface area contributed by atoms with E-state index in [-0.39, 0.29) is 0 Å². The lowest BCUT2D eigenvalue weighted by Crippen LogP contribution is -2.23. The number of hydrogen-bond acceptors (Lipinski definition) is 6. The highest BCUT2D eigenvalue weighted by atomic mass is 16.5. The van der Waals surface area contributed by atoms with Crippen LogP contribution in [0.15, 0.2) is 76.1 Å². The monoisotopic (exact) mass is 355 g/mol. The van der Waals surface area contributed by atoms with Crippen LogP contribution in [-0.2, 0) is 4.79 Å². The quantitative estimate of drug-likeness (QED) is 0.616. The van der Waals surface area contributed by atoms with Gasteiger partial charge in [-0.25, -0.2) is 20.0 Å². The minimum atomic E-state index is -0.475. The highest BCUT2D eigenvalue weighted by Gasteiger charge is 2.04. The van der Waals surface area contributed by atoms with Crippen molar-refractivity contribution in [1.29, 1.82) is 0 Å². The third-order valence-electron chi connectivity index (χ3n) is 3.72. The highest BCUT2D eigenvalue weighted by Crippen LogP contribution is 2.25. The lowest BCUT2D eigenvalue weighted by Gasteiger charge is -2.04. The summed E-state index contributed by atoms with van der Waals surface area (Å²) in [6.45, 7) is 0. The first-order chi connectivity index (χ1) is 13.3. The van der Waals surface area contributed by atoms with E-state index in [4.69, 9.17) is 4.74 Å². The molecule has 2 bridgehead atoms. The number of rotatable bonds is 0. The van der Waals surface area contributed by atoms with Crippen LogP contribution >= 0.6 is 0 Å². The van der Waals surface area contributed by atoms with Crippen molar-refractivity contribution in [2.75, 3.05) is 0 Å². The average Bonchev–Trinajstić information content (AvgIpc) is 2.69. The lowest BCUT2D eigenvalue weighted by molar-refractivity contribution is -0.111. The molecule has 0 N–H and O–H groups in total. The van der Waals surface area contributed by atoms with Crippen molar-refractivity contribution in [3.05, 3.63) is 71.7 Å². The summed E-state index contributed by atoms with van der Waals surface area (Å²) in [4.78, 5) is 32.7. The lowest BCUT2D eigenvalue weighted by atomic mass is 10.2. The molecule has 27 heavy (non-hydrogen) atoms. The predicted octanol–water partition coefficient (Wildman–Crippen LogP) is 1.89.